The van der Waals surface area contributed by atoms with Crippen molar-refractivity contribution in [2.75, 3.05) is 11.1 Å². The van der Waals surface area contributed by atoms with Crippen LogP contribution in [0.25, 0.3) is 0 Å². The van der Waals surface area contributed by atoms with Crippen LogP contribution in [0.2, 0.25) is 0 Å². The minimum atomic E-state index is -0.0826. The van der Waals surface area contributed by atoms with Crippen LogP contribution >= 0.6 is 11.3 Å². The first kappa shape index (κ1) is 14.5. The Labute approximate surface area is 123 Å². The molecule has 0 aliphatic rings. The molecule has 1 aromatic heterocycles. The predicted molar refractivity (Wildman–Crippen MR) is 84.1 cm³/mol. The minimum absolute atomic E-state index is 0.0826. The van der Waals surface area contributed by atoms with Crippen molar-refractivity contribution in [3.05, 3.63) is 40.4 Å². The molecule has 2 aromatic rings. The molecule has 1 amide bonds. The number of carbonyl (C=O) groups excluding carboxylic acids is 1. The van der Waals surface area contributed by atoms with Gasteiger partial charge in [-0.2, -0.15) is 0 Å². The van der Waals surface area contributed by atoms with Crippen molar-refractivity contribution in [1.29, 1.82) is 0 Å². The highest BCUT2D eigenvalue weighted by atomic mass is 32.1. The Balaban J connectivity index is 2.22. The second-order valence-electron chi connectivity index (χ2n) is 4.74. The van der Waals surface area contributed by atoms with Crippen LogP contribution in [0.5, 0.6) is 0 Å². The molecule has 0 bridgehead atoms. The third-order valence-corrected chi connectivity index (χ3v) is 3.91. The molecule has 0 unspecified atom stereocenters. The van der Waals surface area contributed by atoms with Gasteiger partial charge in [0.05, 0.1) is 5.69 Å². The topological polar surface area (TPSA) is 68.0 Å². The SMILES string of the molecule is CCCc1nc(NC(C)=O)sc1Cc1ccc(N)cc1. The van der Waals surface area contributed by atoms with E-state index in [0.29, 0.717) is 5.13 Å². The minimum Gasteiger partial charge on any atom is -0.399 e. The number of nitrogens with two attached hydrogens (primary N) is 1. The summed E-state index contributed by atoms with van der Waals surface area (Å²) < 4.78 is 0. The van der Waals surface area contributed by atoms with E-state index in [0.717, 1.165) is 30.6 Å². The van der Waals surface area contributed by atoms with Crippen molar-refractivity contribution < 1.29 is 4.79 Å². The molecule has 0 spiro atoms. The van der Waals surface area contributed by atoms with E-state index in [2.05, 4.69) is 17.2 Å². The van der Waals surface area contributed by atoms with Gasteiger partial charge in [-0.1, -0.05) is 25.5 Å². The fourth-order valence-corrected chi connectivity index (χ4v) is 3.07. The number of nitrogens with one attached hydrogen (secondary N) is 1. The summed E-state index contributed by atoms with van der Waals surface area (Å²) in [5.41, 5.74) is 8.75. The first-order valence-electron chi connectivity index (χ1n) is 6.69. The molecule has 20 heavy (non-hydrogen) atoms. The quantitative estimate of drug-likeness (QED) is 0.830. The lowest BCUT2D eigenvalue weighted by atomic mass is 10.1. The zero-order chi connectivity index (χ0) is 14.5. The second kappa shape index (κ2) is 6.52. The molecule has 106 valence electrons. The number of hydrogen-bond donors (Lipinski definition) is 2. The molecule has 0 aliphatic carbocycles. The van der Waals surface area contributed by atoms with Crippen LogP contribution in [0.15, 0.2) is 24.3 Å². The Morgan fingerprint density at radius 3 is 2.65 bits per heavy atom. The summed E-state index contributed by atoms with van der Waals surface area (Å²) in [6.45, 7) is 3.63. The first-order valence-corrected chi connectivity index (χ1v) is 7.50. The van der Waals surface area contributed by atoms with Gasteiger partial charge in [-0.25, -0.2) is 4.98 Å². The van der Waals surface area contributed by atoms with E-state index in [9.17, 15) is 4.79 Å². The molecule has 0 saturated carbocycles. The van der Waals surface area contributed by atoms with Crippen molar-refractivity contribution >= 4 is 28.1 Å². The lowest BCUT2D eigenvalue weighted by Gasteiger charge is -2.02. The van der Waals surface area contributed by atoms with Crippen LogP contribution in [0.3, 0.4) is 0 Å². The number of carbonyl (C=O) groups is 1. The van der Waals surface area contributed by atoms with Crippen LogP contribution in [0.1, 0.15) is 36.4 Å². The molecule has 0 saturated heterocycles. The first-order chi connectivity index (χ1) is 9.58. The Kier molecular flexibility index (Phi) is 4.74. The third-order valence-electron chi connectivity index (χ3n) is 2.89. The molecule has 3 N–H and O–H groups in total. The Hall–Kier alpha value is -1.88. The van der Waals surface area contributed by atoms with Gasteiger partial charge in [0.1, 0.15) is 0 Å². The number of anilines is 2. The highest BCUT2D eigenvalue weighted by Crippen LogP contribution is 2.27. The molecule has 0 aliphatic heterocycles. The highest BCUT2D eigenvalue weighted by molar-refractivity contribution is 7.15. The Morgan fingerprint density at radius 2 is 2.05 bits per heavy atom. The summed E-state index contributed by atoms with van der Waals surface area (Å²) in [4.78, 5) is 16.9. The molecule has 5 heteroatoms. The number of aryl methyl sites for hydroxylation is 1. The van der Waals surface area contributed by atoms with Gasteiger partial charge in [0.2, 0.25) is 5.91 Å². The number of thiazole rings is 1. The van der Waals surface area contributed by atoms with E-state index < -0.39 is 0 Å². The van der Waals surface area contributed by atoms with Crippen molar-refractivity contribution in [2.45, 2.75) is 33.1 Å². The van der Waals surface area contributed by atoms with Crippen LogP contribution in [0.4, 0.5) is 10.8 Å². The van der Waals surface area contributed by atoms with Gasteiger partial charge in [-0.15, -0.1) is 11.3 Å². The smallest absolute Gasteiger partial charge is 0.223 e. The van der Waals surface area contributed by atoms with Crippen molar-refractivity contribution in [2.24, 2.45) is 0 Å². The summed E-state index contributed by atoms with van der Waals surface area (Å²) in [5.74, 6) is -0.0826. The summed E-state index contributed by atoms with van der Waals surface area (Å²) in [7, 11) is 0. The number of rotatable bonds is 5. The number of amides is 1. The van der Waals surface area contributed by atoms with Crippen LogP contribution in [-0.2, 0) is 17.6 Å². The molecule has 4 nitrogen and oxygen atoms in total. The number of aromatic nitrogens is 1. The zero-order valence-corrected chi connectivity index (χ0v) is 12.6. The Bertz CT molecular complexity index is 590. The molecule has 0 fully saturated rings. The normalized spacial score (nSPS) is 10.5. The number of hydrogen-bond acceptors (Lipinski definition) is 4. The maximum absolute atomic E-state index is 11.1. The van der Waals surface area contributed by atoms with Crippen LogP contribution < -0.4 is 11.1 Å². The van der Waals surface area contributed by atoms with Gasteiger partial charge in [-0.3, -0.25) is 4.79 Å². The average molecular weight is 289 g/mol. The molecular weight excluding hydrogens is 270 g/mol. The highest BCUT2D eigenvalue weighted by Gasteiger charge is 2.12. The third kappa shape index (κ3) is 3.81. The zero-order valence-electron chi connectivity index (χ0n) is 11.8. The van der Waals surface area contributed by atoms with E-state index in [-0.39, 0.29) is 5.91 Å². The summed E-state index contributed by atoms with van der Waals surface area (Å²) in [6, 6.07) is 7.88. The molecule has 1 aromatic carbocycles. The van der Waals surface area contributed by atoms with Crippen LogP contribution in [0, 0.1) is 0 Å². The summed E-state index contributed by atoms with van der Waals surface area (Å²) in [5, 5.41) is 3.45. The second-order valence-corrected chi connectivity index (χ2v) is 5.82. The monoisotopic (exact) mass is 289 g/mol. The predicted octanol–water partition coefficient (Wildman–Crippen LogP) is 3.23. The molecule has 2 rings (SSSR count). The maximum atomic E-state index is 11.1. The molecule has 0 radical (unpaired) electrons. The fourth-order valence-electron chi connectivity index (χ4n) is 1.98. The number of nitrogens with zero attached hydrogens (tertiary/aromatic N) is 1. The largest absolute Gasteiger partial charge is 0.399 e. The maximum Gasteiger partial charge on any atom is 0.223 e. The van der Waals surface area contributed by atoms with E-state index in [1.165, 1.54) is 17.4 Å². The van der Waals surface area contributed by atoms with Crippen molar-refractivity contribution in [1.82, 2.24) is 4.98 Å². The lowest BCUT2D eigenvalue weighted by Crippen LogP contribution is -2.05. The van der Waals surface area contributed by atoms with Gasteiger partial charge in [0.25, 0.3) is 0 Å². The van der Waals surface area contributed by atoms with Gasteiger partial charge < -0.3 is 11.1 Å². The number of nitrogen functional groups attached to an aromatic ring is 1. The van der Waals surface area contributed by atoms with E-state index in [1.54, 1.807) is 11.3 Å². The summed E-state index contributed by atoms with van der Waals surface area (Å²) in [6.07, 6.45) is 2.80. The van der Waals surface area contributed by atoms with Gasteiger partial charge in [0.15, 0.2) is 5.13 Å². The van der Waals surface area contributed by atoms with Gasteiger partial charge in [0, 0.05) is 23.9 Å². The molecule has 0 atom stereocenters. The van der Waals surface area contributed by atoms with E-state index in [4.69, 9.17) is 5.73 Å². The van der Waals surface area contributed by atoms with Gasteiger partial charge >= 0.3 is 0 Å². The number of benzene rings is 1. The van der Waals surface area contributed by atoms with E-state index in [1.807, 2.05) is 24.3 Å². The fraction of sp³-hybridized carbons (Fsp3) is 0.333. The standard InChI is InChI=1S/C15H19N3OS/c1-3-4-13-14(20-15(18-13)17-10(2)19)9-11-5-7-12(16)8-6-11/h5-8H,3-4,9,16H2,1-2H3,(H,17,18,19). The molecule has 1 heterocycles. The summed E-state index contributed by atoms with van der Waals surface area (Å²) >= 11 is 1.55. The van der Waals surface area contributed by atoms with E-state index >= 15 is 0 Å². The van der Waals surface area contributed by atoms with Crippen molar-refractivity contribution in [3.8, 4) is 0 Å². The van der Waals surface area contributed by atoms with Gasteiger partial charge in [-0.05, 0) is 24.1 Å². The lowest BCUT2D eigenvalue weighted by molar-refractivity contribution is -0.114. The average Bonchev–Trinajstić information content (AvgIpc) is 2.74. The Morgan fingerprint density at radius 1 is 1.35 bits per heavy atom. The van der Waals surface area contributed by atoms with Crippen LogP contribution in [-0.4, -0.2) is 10.9 Å². The van der Waals surface area contributed by atoms with Crippen molar-refractivity contribution in [3.63, 3.8) is 0 Å². The molecular formula is C15H19N3OS.